The van der Waals surface area contributed by atoms with Crippen molar-refractivity contribution in [3.63, 3.8) is 0 Å². The molecule has 0 radical (unpaired) electrons. The van der Waals surface area contributed by atoms with Crippen LogP contribution in [0.4, 0.5) is 27.5 Å². The van der Waals surface area contributed by atoms with E-state index in [1.807, 2.05) is 4.90 Å². The second-order valence-corrected chi connectivity index (χ2v) is 7.34. The number of hydrogen-bond donors (Lipinski definition) is 3. The van der Waals surface area contributed by atoms with Gasteiger partial charge in [-0.3, -0.25) is 0 Å². The van der Waals surface area contributed by atoms with E-state index in [0.717, 1.165) is 0 Å². The fraction of sp³-hybridized carbons (Fsp3) is 0.190. The van der Waals surface area contributed by atoms with E-state index in [2.05, 4.69) is 15.3 Å². The molecule has 8 nitrogen and oxygen atoms in total. The number of ether oxygens (including phenoxy) is 1. The lowest BCUT2D eigenvalue weighted by molar-refractivity contribution is 0.0697. The summed E-state index contributed by atoms with van der Waals surface area (Å²) < 4.78 is 18.9. The number of nitrogens with zero attached hydrogens (tertiary/aromatic N) is 3. The zero-order valence-electron chi connectivity index (χ0n) is 16.3. The number of aromatic nitrogens is 2. The fourth-order valence-electron chi connectivity index (χ4n) is 3.29. The first-order valence-corrected chi connectivity index (χ1v) is 9.84. The van der Waals surface area contributed by atoms with E-state index in [1.54, 1.807) is 12.3 Å². The Morgan fingerprint density at radius 3 is 2.71 bits per heavy atom. The van der Waals surface area contributed by atoms with Gasteiger partial charge in [0.05, 0.1) is 23.8 Å². The molecule has 1 fully saturated rings. The predicted molar refractivity (Wildman–Crippen MR) is 117 cm³/mol. The largest absolute Gasteiger partial charge is 0.478 e. The maximum absolute atomic E-state index is 13.4. The first kappa shape index (κ1) is 20.8. The highest BCUT2D eigenvalue weighted by Gasteiger charge is 2.20. The Labute approximate surface area is 182 Å². The molecule has 1 aliphatic heterocycles. The molecule has 0 bridgehead atoms. The molecule has 0 atom stereocenters. The number of hydrogen-bond acceptors (Lipinski definition) is 7. The van der Waals surface area contributed by atoms with E-state index >= 15 is 0 Å². The summed E-state index contributed by atoms with van der Waals surface area (Å²) in [4.78, 5) is 22.5. The van der Waals surface area contributed by atoms with Gasteiger partial charge in [-0.2, -0.15) is 4.98 Å². The van der Waals surface area contributed by atoms with Crippen LogP contribution in [-0.2, 0) is 4.74 Å². The van der Waals surface area contributed by atoms with Crippen LogP contribution in [0.5, 0.6) is 0 Å². The number of carboxylic acids is 1. The lowest BCUT2D eigenvalue weighted by atomic mass is 10.0. The number of aromatic carboxylic acids is 1. The van der Waals surface area contributed by atoms with Crippen molar-refractivity contribution in [2.45, 2.75) is 0 Å². The minimum absolute atomic E-state index is 0.0176. The molecule has 2 heterocycles. The molecule has 0 amide bonds. The molecule has 160 valence electrons. The van der Waals surface area contributed by atoms with Gasteiger partial charge in [0, 0.05) is 36.2 Å². The number of morpholine rings is 1. The molecule has 0 spiro atoms. The standard InChI is InChI=1S/C21H19ClFN5O3/c22-17-10-15(1-2-18(17)23)26-21-25-11-16(19(27-21)28-3-5-31-6-4-28)12-7-13(20(29)30)9-14(24)8-12/h1-2,7-11H,3-6,24H2,(H,29,30)(H,25,26,27). The Morgan fingerprint density at radius 1 is 1.23 bits per heavy atom. The third-order valence-corrected chi connectivity index (χ3v) is 5.06. The molecule has 1 aromatic heterocycles. The second kappa shape index (κ2) is 8.75. The number of anilines is 4. The van der Waals surface area contributed by atoms with Gasteiger partial charge in [-0.05, 0) is 42.0 Å². The zero-order chi connectivity index (χ0) is 22.0. The smallest absolute Gasteiger partial charge is 0.335 e. The Balaban J connectivity index is 1.76. The number of nitrogens with one attached hydrogen (secondary N) is 1. The molecule has 10 heteroatoms. The summed E-state index contributed by atoms with van der Waals surface area (Å²) in [5.74, 6) is -0.700. The van der Waals surface area contributed by atoms with E-state index in [9.17, 15) is 14.3 Å². The van der Waals surface area contributed by atoms with Crippen molar-refractivity contribution in [2.24, 2.45) is 0 Å². The van der Waals surface area contributed by atoms with Crippen molar-refractivity contribution in [3.05, 3.63) is 59.0 Å². The van der Waals surface area contributed by atoms with Crippen LogP contribution in [-0.4, -0.2) is 47.3 Å². The first-order chi connectivity index (χ1) is 14.9. The average molecular weight is 444 g/mol. The van der Waals surface area contributed by atoms with Crippen LogP contribution in [0.3, 0.4) is 0 Å². The van der Waals surface area contributed by atoms with Gasteiger partial charge in [-0.1, -0.05) is 11.6 Å². The molecule has 4 rings (SSSR count). The molecule has 0 saturated carbocycles. The van der Waals surface area contributed by atoms with Gasteiger partial charge in [0.15, 0.2) is 0 Å². The van der Waals surface area contributed by atoms with E-state index in [0.29, 0.717) is 54.6 Å². The van der Waals surface area contributed by atoms with Gasteiger partial charge < -0.3 is 25.8 Å². The van der Waals surface area contributed by atoms with Crippen LogP contribution < -0.4 is 16.0 Å². The maximum Gasteiger partial charge on any atom is 0.335 e. The van der Waals surface area contributed by atoms with Crippen molar-refractivity contribution >= 4 is 40.7 Å². The van der Waals surface area contributed by atoms with E-state index in [-0.39, 0.29) is 16.5 Å². The Hall–Kier alpha value is -3.43. The third-order valence-electron chi connectivity index (χ3n) is 4.77. The summed E-state index contributed by atoms with van der Waals surface area (Å²) in [7, 11) is 0. The quantitative estimate of drug-likeness (QED) is 0.510. The van der Waals surface area contributed by atoms with Gasteiger partial charge in [-0.15, -0.1) is 0 Å². The lowest BCUT2D eigenvalue weighted by Crippen LogP contribution is -2.37. The number of benzene rings is 2. The topological polar surface area (TPSA) is 114 Å². The predicted octanol–water partition coefficient (Wildman–Crippen LogP) is 3.80. The van der Waals surface area contributed by atoms with Crippen molar-refractivity contribution < 1.29 is 19.0 Å². The zero-order valence-corrected chi connectivity index (χ0v) is 17.1. The summed E-state index contributed by atoms with van der Waals surface area (Å²) in [5.41, 5.74) is 8.09. The van der Waals surface area contributed by atoms with Gasteiger partial charge in [-0.25, -0.2) is 14.2 Å². The molecule has 3 aromatic rings. The number of carboxylic acid groups (broad SMARTS) is 1. The van der Waals surface area contributed by atoms with Crippen molar-refractivity contribution in [1.82, 2.24) is 9.97 Å². The normalized spacial score (nSPS) is 13.8. The summed E-state index contributed by atoms with van der Waals surface area (Å²) in [6, 6.07) is 8.84. The Bertz CT molecular complexity index is 1140. The van der Waals surface area contributed by atoms with Crippen LogP contribution in [0.15, 0.2) is 42.6 Å². The monoisotopic (exact) mass is 443 g/mol. The van der Waals surface area contributed by atoms with Crippen LogP contribution in [0.25, 0.3) is 11.1 Å². The number of nitrogen functional groups attached to an aromatic ring is 1. The first-order valence-electron chi connectivity index (χ1n) is 9.47. The van der Waals surface area contributed by atoms with E-state index in [1.165, 1.54) is 30.3 Å². The van der Waals surface area contributed by atoms with Crippen molar-refractivity contribution in [1.29, 1.82) is 0 Å². The highest BCUT2D eigenvalue weighted by Crippen LogP contribution is 2.33. The van der Waals surface area contributed by atoms with Gasteiger partial charge >= 0.3 is 5.97 Å². The molecule has 1 saturated heterocycles. The number of carbonyl (C=O) groups is 1. The molecule has 2 aromatic carbocycles. The molecule has 1 aliphatic rings. The SMILES string of the molecule is Nc1cc(C(=O)O)cc(-c2cnc(Nc3ccc(F)c(Cl)c3)nc2N2CCOCC2)c1. The Morgan fingerprint density at radius 2 is 2.00 bits per heavy atom. The molecule has 4 N–H and O–H groups in total. The highest BCUT2D eigenvalue weighted by molar-refractivity contribution is 6.31. The minimum Gasteiger partial charge on any atom is -0.478 e. The number of nitrogens with two attached hydrogens (primary N) is 1. The summed E-state index contributed by atoms with van der Waals surface area (Å²) in [6.07, 6.45) is 1.60. The van der Waals surface area contributed by atoms with Crippen LogP contribution in [0.2, 0.25) is 5.02 Å². The van der Waals surface area contributed by atoms with Gasteiger partial charge in [0.25, 0.3) is 0 Å². The summed E-state index contributed by atoms with van der Waals surface area (Å²) in [5, 5.41) is 12.4. The lowest BCUT2D eigenvalue weighted by Gasteiger charge is -2.29. The highest BCUT2D eigenvalue weighted by atomic mass is 35.5. The van der Waals surface area contributed by atoms with Crippen molar-refractivity contribution in [3.8, 4) is 11.1 Å². The third kappa shape index (κ3) is 4.68. The van der Waals surface area contributed by atoms with Gasteiger partial charge in [0.1, 0.15) is 11.6 Å². The van der Waals surface area contributed by atoms with Crippen molar-refractivity contribution in [2.75, 3.05) is 42.3 Å². The summed E-state index contributed by atoms with van der Waals surface area (Å²) >= 11 is 5.86. The number of rotatable bonds is 5. The maximum atomic E-state index is 13.4. The molecule has 31 heavy (non-hydrogen) atoms. The van der Waals surface area contributed by atoms with Gasteiger partial charge in [0.2, 0.25) is 5.95 Å². The average Bonchev–Trinajstić information content (AvgIpc) is 2.76. The van der Waals surface area contributed by atoms with E-state index in [4.69, 9.17) is 22.1 Å². The van der Waals surface area contributed by atoms with Crippen LogP contribution >= 0.6 is 11.6 Å². The Kier molecular flexibility index (Phi) is 5.88. The molecule has 0 unspecified atom stereocenters. The fourth-order valence-corrected chi connectivity index (χ4v) is 3.47. The van der Waals surface area contributed by atoms with Crippen LogP contribution in [0.1, 0.15) is 10.4 Å². The summed E-state index contributed by atoms with van der Waals surface area (Å²) in [6.45, 7) is 2.30. The second-order valence-electron chi connectivity index (χ2n) is 6.93. The van der Waals surface area contributed by atoms with E-state index < -0.39 is 11.8 Å². The minimum atomic E-state index is -1.08. The molecular weight excluding hydrogens is 425 g/mol. The molecule has 0 aliphatic carbocycles. The number of halogens is 2. The van der Waals surface area contributed by atoms with Crippen LogP contribution in [0, 0.1) is 5.82 Å². The molecular formula is C21H19ClFN5O3.